The van der Waals surface area contributed by atoms with Crippen molar-refractivity contribution in [3.05, 3.63) is 59.1 Å². The lowest BCUT2D eigenvalue weighted by molar-refractivity contribution is 0.978. The minimum atomic E-state index is 0.772. The van der Waals surface area contributed by atoms with E-state index in [1.54, 1.807) is 0 Å². The van der Waals surface area contributed by atoms with Gasteiger partial charge in [-0.3, -0.25) is 0 Å². The maximum atomic E-state index is 5.93. The minimum Gasteiger partial charge on any atom is -0.344 e. The Balaban J connectivity index is 2.23. The molecule has 0 aliphatic carbocycles. The number of aryl methyl sites for hydroxylation is 2. The van der Waals surface area contributed by atoms with Crippen molar-refractivity contribution in [2.24, 2.45) is 7.05 Å². The third-order valence-corrected chi connectivity index (χ3v) is 3.59. The molecule has 18 heavy (non-hydrogen) atoms. The molecule has 90 valence electrons. The number of aromatic nitrogens is 1. The molecule has 1 aromatic heterocycles. The van der Waals surface area contributed by atoms with Gasteiger partial charge in [0.05, 0.1) is 0 Å². The maximum absolute atomic E-state index is 5.93. The van der Waals surface area contributed by atoms with E-state index in [1.807, 2.05) is 12.1 Å². The van der Waals surface area contributed by atoms with Gasteiger partial charge in [-0.05, 0) is 42.8 Å². The van der Waals surface area contributed by atoms with Crippen LogP contribution in [0.3, 0.4) is 0 Å². The van der Waals surface area contributed by atoms with E-state index in [4.69, 9.17) is 11.6 Å². The van der Waals surface area contributed by atoms with Crippen molar-refractivity contribution in [2.75, 3.05) is 0 Å². The summed E-state index contributed by atoms with van der Waals surface area (Å²) in [6.45, 7) is 2.12. The highest BCUT2D eigenvalue weighted by Gasteiger charge is 2.07. The van der Waals surface area contributed by atoms with E-state index in [-0.39, 0.29) is 0 Å². The van der Waals surface area contributed by atoms with E-state index in [1.165, 1.54) is 27.7 Å². The first-order valence-corrected chi connectivity index (χ1v) is 6.35. The van der Waals surface area contributed by atoms with E-state index >= 15 is 0 Å². The van der Waals surface area contributed by atoms with Crippen LogP contribution in [0.25, 0.3) is 22.2 Å². The quantitative estimate of drug-likeness (QED) is 0.588. The van der Waals surface area contributed by atoms with Crippen LogP contribution in [0.1, 0.15) is 5.56 Å². The molecule has 0 radical (unpaired) electrons. The molecule has 0 aliphatic heterocycles. The highest BCUT2D eigenvalue weighted by atomic mass is 35.5. The summed E-state index contributed by atoms with van der Waals surface area (Å²) in [7, 11) is 2.10. The Hall–Kier alpha value is -1.73. The van der Waals surface area contributed by atoms with Gasteiger partial charge >= 0.3 is 0 Å². The van der Waals surface area contributed by atoms with Crippen molar-refractivity contribution in [1.29, 1.82) is 0 Å². The van der Waals surface area contributed by atoms with Gasteiger partial charge in [-0.25, -0.2) is 0 Å². The predicted molar refractivity (Wildman–Crippen MR) is 78.1 cm³/mol. The van der Waals surface area contributed by atoms with Gasteiger partial charge in [-0.2, -0.15) is 0 Å². The average molecular weight is 256 g/mol. The number of nitrogens with zero attached hydrogens (tertiary/aromatic N) is 1. The summed E-state index contributed by atoms with van der Waals surface area (Å²) in [6.07, 6.45) is 0. The number of rotatable bonds is 1. The molecule has 0 saturated carbocycles. The fourth-order valence-electron chi connectivity index (χ4n) is 2.37. The van der Waals surface area contributed by atoms with E-state index in [9.17, 15) is 0 Å². The molecule has 0 bridgehead atoms. The number of hydrogen-bond acceptors (Lipinski definition) is 0. The molecule has 3 rings (SSSR count). The lowest BCUT2D eigenvalue weighted by Gasteiger charge is -2.04. The van der Waals surface area contributed by atoms with Crippen LogP contribution in [0.4, 0.5) is 0 Å². The van der Waals surface area contributed by atoms with E-state index in [2.05, 4.69) is 54.9 Å². The second kappa shape index (κ2) is 4.18. The molecule has 0 amide bonds. The number of hydrogen-bond donors (Lipinski definition) is 0. The van der Waals surface area contributed by atoms with Crippen molar-refractivity contribution >= 4 is 22.5 Å². The van der Waals surface area contributed by atoms with Crippen LogP contribution in [0.2, 0.25) is 5.02 Å². The number of benzene rings is 2. The normalized spacial score (nSPS) is 11.1. The maximum Gasteiger partial charge on any atom is 0.0488 e. The first kappa shape index (κ1) is 11.4. The Morgan fingerprint density at radius 1 is 0.944 bits per heavy atom. The molecule has 0 aliphatic rings. The zero-order chi connectivity index (χ0) is 12.7. The van der Waals surface area contributed by atoms with Crippen LogP contribution >= 0.6 is 11.6 Å². The number of fused-ring (bicyclic) bond motifs is 1. The molecule has 0 atom stereocenters. The molecule has 1 nitrogen and oxygen atoms in total. The Morgan fingerprint density at radius 2 is 1.67 bits per heavy atom. The predicted octanol–water partition coefficient (Wildman–Crippen LogP) is 4.81. The van der Waals surface area contributed by atoms with Crippen molar-refractivity contribution in [1.82, 2.24) is 4.57 Å². The molecule has 2 heteroatoms. The summed E-state index contributed by atoms with van der Waals surface area (Å²) in [5.74, 6) is 0. The van der Waals surface area contributed by atoms with Crippen molar-refractivity contribution in [3.8, 4) is 11.3 Å². The first-order valence-electron chi connectivity index (χ1n) is 5.97. The van der Waals surface area contributed by atoms with Gasteiger partial charge in [-0.1, -0.05) is 35.4 Å². The Labute approximate surface area is 112 Å². The molecule has 0 unspecified atom stereocenters. The second-order valence-electron chi connectivity index (χ2n) is 4.66. The summed E-state index contributed by atoms with van der Waals surface area (Å²) in [6, 6.07) is 16.7. The summed E-state index contributed by atoms with van der Waals surface area (Å²) in [4.78, 5) is 0. The lowest BCUT2D eigenvalue weighted by Crippen LogP contribution is -1.90. The highest BCUT2D eigenvalue weighted by Crippen LogP contribution is 2.28. The van der Waals surface area contributed by atoms with Crippen molar-refractivity contribution in [3.63, 3.8) is 0 Å². The van der Waals surface area contributed by atoms with Crippen LogP contribution in [-0.2, 0) is 7.05 Å². The SMILES string of the molecule is Cc1ccc2c(c1)cc(-c1ccc(Cl)cc1)n2C. The van der Waals surface area contributed by atoms with E-state index < -0.39 is 0 Å². The Morgan fingerprint density at radius 3 is 2.39 bits per heavy atom. The molecule has 0 fully saturated rings. The molecular formula is C16H14ClN. The first-order chi connectivity index (χ1) is 8.65. The summed E-state index contributed by atoms with van der Waals surface area (Å²) >= 11 is 5.93. The Bertz CT molecular complexity index is 708. The average Bonchev–Trinajstić information content (AvgIpc) is 2.67. The van der Waals surface area contributed by atoms with Gasteiger partial charge < -0.3 is 4.57 Å². The van der Waals surface area contributed by atoms with Gasteiger partial charge in [0.1, 0.15) is 0 Å². The van der Waals surface area contributed by atoms with E-state index in [0.717, 1.165) is 5.02 Å². The fourth-order valence-corrected chi connectivity index (χ4v) is 2.49. The molecule has 0 spiro atoms. The van der Waals surface area contributed by atoms with Gasteiger partial charge in [0.15, 0.2) is 0 Å². The monoisotopic (exact) mass is 255 g/mol. The van der Waals surface area contributed by atoms with Crippen LogP contribution in [-0.4, -0.2) is 4.57 Å². The molecule has 3 aromatic rings. The molecule has 0 saturated heterocycles. The zero-order valence-corrected chi connectivity index (χ0v) is 11.2. The third-order valence-electron chi connectivity index (χ3n) is 3.34. The van der Waals surface area contributed by atoms with Gasteiger partial charge in [0.25, 0.3) is 0 Å². The zero-order valence-electron chi connectivity index (χ0n) is 10.4. The van der Waals surface area contributed by atoms with Gasteiger partial charge in [0, 0.05) is 28.7 Å². The third kappa shape index (κ3) is 1.81. The summed E-state index contributed by atoms with van der Waals surface area (Å²) < 4.78 is 2.22. The molecule has 1 heterocycles. The van der Waals surface area contributed by atoms with Crippen LogP contribution in [0, 0.1) is 6.92 Å². The standard InChI is InChI=1S/C16H14ClN/c1-11-3-8-15-13(9-11)10-16(18(15)2)12-4-6-14(17)7-5-12/h3-10H,1-2H3. The summed E-state index contributed by atoms with van der Waals surface area (Å²) in [5, 5.41) is 2.05. The van der Waals surface area contributed by atoms with Crippen LogP contribution in [0.5, 0.6) is 0 Å². The number of halogens is 1. The van der Waals surface area contributed by atoms with Crippen molar-refractivity contribution < 1.29 is 0 Å². The molecule has 2 aromatic carbocycles. The van der Waals surface area contributed by atoms with Crippen LogP contribution < -0.4 is 0 Å². The van der Waals surface area contributed by atoms with Gasteiger partial charge in [-0.15, -0.1) is 0 Å². The molecular weight excluding hydrogens is 242 g/mol. The smallest absolute Gasteiger partial charge is 0.0488 e. The second-order valence-corrected chi connectivity index (χ2v) is 5.09. The molecule has 0 N–H and O–H groups in total. The van der Waals surface area contributed by atoms with Crippen LogP contribution in [0.15, 0.2) is 48.5 Å². The van der Waals surface area contributed by atoms with E-state index in [0.29, 0.717) is 0 Å². The highest BCUT2D eigenvalue weighted by molar-refractivity contribution is 6.30. The Kier molecular flexibility index (Phi) is 2.64. The fraction of sp³-hybridized carbons (Fsp3) is 0.125. The lowest BCUT2D eigenvalue weighted by atomic mass is 10.1. The topological polar surface area (TPSA) is 4.93 Å². The van der Waals surface area contributed by atoms with Gasteiger partial charge in [0.2, 0.25) is 0 Å². The van der Waals surface area contributed by atoms with Crippen molar-refractivity contribution in [2.45, 2.75) is 6.92 Å². The summed E-state index contributed by atoms with van der Waals surface area (Å²) in [5.41, 5.74) is 4.95. The largest absolute Gasteiger partial charge is 0.344 e. The minimum absolute atomic E-state index is 0.772.